The summed E-state index contributed by atoms with van der Waals surface area (Å²) in [7, 11) is 0. The first kappa shape index (κ1) is 29.4. The molecule has 4 nitrogen and oxygen atoms in total. The lowest BCUT2D eigenvalue weighted by molar-refractivity contribution is -0.168. The van der Waals surface area contributed by atoms with Crippen molar-refractivity contribution >= 4 is 0 Å². The van der Waals surface area contributed by atoms with E-state index in [0.717, 1.165) is 53.7 Å². The summed E-state index contributed by atoms with van der Waals surface area (Å²) >= 11 is 0. The van der Waals surface area contributed by atoms with Crippen molar-refractivity contribution in [1.82, 2.24) is 0 Å². The molecule has 4 fully saturated rings. The second kappa shape index (κ2) is 10.3. The van der Waals surface area contributed by atoms with Crippen LogP contribution in [0.2, 0.25) is 0 Å². The van der Waals surface area contributed by atoms with Gasteiger partial charge in [-0.1, -0.05) is 59.9 Å². The fourth-order valence-corrected chi connectivity index (χ4v) is 12.2. The quantitative estimate of drug-likeness (QED) is 0.315. The molecule has 2 aromatic rings. The van der Waals surface area contributed by atoms with Crippen LogP contribution >= 0.6 is 0 Å². The average molecular weight is 587 g/mol. The molecule has 4 saturated carbocycles. The van der Waals surface area contributed by atoms with Crippen molar-refractivity contribution in [3.8, 4) is 23.0 Å². The lowest BCUT2D eigenvalue weighted by Gasteiger charge is -2.66. The Labute approximate surface area is 259 Å². The van der Waals surface area contributed by atoms with Crippen LogP contribution in [-0.2, 0) is 5.60 Å². The first-order valence-corrected chi connectivity index (χ1v) is 17.5. The number of aromatic hydroxyl groups is 3. The summed E-state index contributed by atoms with van der Waals surface area (Å²) in [4.78, 5) is 0. The van der Waals surface area contributed by atoms with Crippen LogP contribution in [0, 0.1) is 52.3 Å². The van der Waals surface area contributed by atoms with Gasteiger partial charge in [-0.05, 0) is 133 Å². The van der Waals surface area contributed by atoms with E-state index in [9.17, 15) is 15.3 Å². The van der Waals surface area contributed by atoms with Gasteiger partial charge in [-0.2, -0.15) is 0 Å². The molecule has 1 aliphatic heterocycles. The summed E-state index contributed by atoms with van der Waals surface area (Å²) in [6.45, 7) is 12.6. The van der Waals surface area contributed by atoms with Crippen LogP contribution in [0.1, 0.15) is 122 Å². The van der Waals surface area contributed by atoms with Gasteiger partial charge in [0.05, 0.1) is 0 Å². The number of benzene rings is 2. The molecule has 1 heterocycles. The summed E-state index contributed by atoms with van der Waals surface area (Å²) in [5, 5.41) is 31.7. The Morgan fingerprint density at radius 1 is 0.837 bits per heavy atom. The molecule has 0 radical (unpaired) electrons. The molecule has 5 aliphatic rings. The van der Waals surface area contributed by atoms with E-state index in [4.69, 9.17) is 4.74 Å². The Balaban J connectivity index is 1.23. The minimum atomic E-state index is -0.659. The fraction of sp³-hybridized carbons (Fsp3) is 0.692. The number of rotatable bonds is 6. The molecule has 3 N–H and O–H groups in total. The summed E-state index contributed by atoms with van der Waals surface area (Å²) < 4.78 is 6.88. The largest absolute Gasteiger partial charge is 0.508 e. The lowest BCUT2D eigenvalue weighted by atomic mass is 9.40. The van der Waals surface area contributed by atoms with E-state index in [-0.39, 0.29) is 22.7 Å². The zero-order valence-corrected chi connectivity index (χ0v) is 27.1. The molecule has 234 valence electrons. The van der Waals surface area contributed by atoms with Crippen LogP contribution in [0.25, 0.3) is 0 Å². The van der Waals surface area contributed by atoms with Gasteiger partial charge < -0.3 is 20.1 Å². The van der Waals surface area contributed by atoms with Gasteiger partial charge in [-0.3, -0.25) is 0 Å². The van der Waals surface area contributed by atoms with Crippen LogP contribution < -0.4 is 4.74 Å². The topological polar surface area (TPSA) is 69.9 Å². The molecular weight excluding hydrogens is 532 g/mol. The zero-order valence-electron chi connectivity index (χ0n) is 27.1. The van der Waals surface area contributed by atoms with Gasteiger partial charge in [-0.25, -0.2) is 0 Å². The first-order valence-electron chi connectivity index (χ1n) is 17.5. The fourth-order valence-electron chi connectivity index (χ4n) is 12.2. The third kappa shape index (κ3) is 4.43. The predicted molar refractivity (Wildman–Crippen MR) is 171 cm³/mol. The van der Waals surface area contributed by atoms with E-state index >= 15 is 0 Å². The van der Waals surface area contributed by atoms with Crippen LogP contribution in [0.4, 0.5) is 0 Å². The molecule has 4 aliphatic carbocycles. The average Bonchev–Trinajstić information content (AvgIpc) is 3.30. The van der Waals surface area contributed by atoms with E-state index in [1.165, 1.54) is 69.4 Å². The maximum Gasteiger partial charge on any atom is 0.138 e. The first-order chi connectivity index (χ1) is 20.5. The van der Waals surface area contributed by atoms with Gasteiger partial charge in [-0.15, -0.1) is 0 Å². The molecule has 43 heavy (non-hydrogen) atoms. The van der Waals surface area contributed by atoms with Crippen molar-refractivity contribution in [3.05, 3.63) is 47.5 Å². The Morgan fingerprint density at radius 2 is 1.60 bits per heavy atom. The molecule has 2 unspecified atom stereocenters. The van der Waals surface area contributed by atoms with Gasteiger partial charge in [0.15, 0.2) is 0 Å². The van der Waals surface area contributed by atoms with E-state index in [1.54, 1.807) is 12.1 Å². The molecule has 2 aromatic carbocycles. The van der Waals surface area contributed by atoms with Crippen LogP contribution in [0.15, 0.2) is 36.4 Å². The van der Waals surface area contributed by atoms with Crippen molar-refractivity contribution in [2.45, 2.75) is 117 Å². The van der Waals surface area contributed by atoms with Crippen molar-refractivity contribution in [2.24, 2.45) is 52.3 Å². The summed E-state index contributed by atoms with van der Waals surface area (Å²) in [5.74, 6) is 6.74. The molecule has 0 aromatic heterocycles. The molecule has 0 saturated heterocycles. The zero-order chi connectivity index (χ0) is 30.3. The minimum Gasteiger partial charge on any atom is -0.508 e. The molecule has 4 heteroatoms. The highest BCUT2D eigenvalue weighted by atomic mass is 16.5. The van der Waals surface area contributed by atoms with Crippen molar-refractivity contribution in [3.63, 3.8) is 0 Å². The second-order valence-electron chi connectivity index (χ2n) is 16.5. The standard InChI is InChI=1S/C39H54O4/c1-23(2)7-6-8-24(3)30-15-16-31-28-12-9-25-21-39(33-14-11-26(40)19-35(33)42)22-34(29-13-10-27(41)20-36(29)43-39)38(25,5)32(28)17-18-37(30,31)4/h10-11,13-14,19-20,23-25,28,30-32,34,40-42H,6-9,12,15-18,21-22H2,1-5H3/t24-,25+,28+,30-,31+,32+,34?,37-,38+,39?/m1/s1. The van der Waals surface area contributed by atoms with E-state index in [2.05, 4.69) is 40.7 Å². The molecular formula is C39H54O4. The summed E-state index contributed by atoms with van der Waals surface area (Å²) in [5.41, 5.74) is 1.96. The monoisotopic (exact) mass is 586 g/mol. The summed E-state index contributed by atoms with van der Waals surface area (Å²) in [6.07, 6.45) is 13.8. The van der Waals surface area contributed by atoms with E-state index < -0.39 is 5.60 Å². The highest BCUT2D eigenvalue weighted by Gasteiger charge is 2.66. The van der Waals surface area contributed by atoms with Crippen LogP contribution in [0.5, 0.6) is 23.0 Å². The number of phenolic OH excluding ortho intramolecular Hbond substituents is 3. The van der Waals surface area contributed by atoms with Gasteiger partial charge >= 0.3 is 0 Å². The third-order valence-corrected chi connectivity index (χ3v) is 14.2. The van der Waals surface area contributed by atoms with E-state index in [1.807, 2.05) is 12.1 Å². The SMILES string of the molecule is CC(C)CCC[C@@H](C)[C@H]1CC[C@H]2[C@@H]3CC[C@H]4CC5(c6ccc(O)cc6O)CC(c6ccc(O)cc6O5)[C@]4(C)[C@H]3CC[C@]12C. The number of phenols is 3. The molecule has 10 atom stereocenters. The third-order valence-electron chi connectivity index (χ3n) is 14.2. The van der Waals surface area contributed by atoms with Crippen molar-refractivity contribution in [1.29, 1.82) is 0 Å². The number of hydrogen-bond donors (Lipinski definition) is 3. The maximum absolute atomic E-state index is 11.1. The Bertz CT molecular complexity index is 1370. The normalized spacial score (nSPS) is 40.1. The maximum atomic E-state index is 11.1. The van der Waals surface area contributed by atoms with E-state index in [0.29, 0.717) is 23.2 Å². The summed E-state index contributed by atoms with van der Waals surface area (Å²) in [6, 6.07) is 10.7. The highest BCUT2D eigenvalue weighted by Crippen LogP contribution is 2.74. The lowest BCUT2D eigenvalue weighted by Crippen LogP contribution is -2.60. The van der Waals surface area contributed by atoms with Crippen LogP contribution in [-0.4, -0.2) is 15.3 Å². The number of ether oxygens (including phenoxy) is 1. The molecule has 0 spiro atoms. The Morgan fingerprint density at radius 3 is 2.37 bits per heavy atom. The van der Waals surface area contributed by atoms with Crippen molar-refractivity contribution < 1.29 is 20.1 Å². The van der Waals surface area contributed by atoms with Crippen molar-refractivity contribution in [2.75, 3.05) is 0 Å². The highest BCUT2D eigenvalue weighted by molar-refractivity contribution is 5.51. The number of hydrogen-bond acceptors (Lipinski definition) is 4. The van der Waals surface area contributed by atoms with Gasteiger partial charge in [0.2, 0.25) is 0 Å². The second-order valence-corrected chi connectivity index (χ2v) is 16.5. The van der Waals surface area contributed by atoms with Gasteiger partial charge in [0.25, 0.3) is 0 Å². The minimum absolute atomic E-state index is 0.0681. The Kier molecular flexibility index (Phi) is 7.06. The molecule has 7 rings (SSSR count). The smallest absolute Gasteiger partial charge is 0.138 e. The molecule has 0 amide bonds. The molecule has 2 bridgehead atoms. The van der Waals surface area contributed by atoms with Crippen LogP contribution in [0.3, 0.4) is 0 Å². The van der Waals surface area contributed by atoms with Gasteiger partial charge in [0, 0.05) is 17.7 Å². The number of fused-ring (bicyclic) bond motifs is 10. The Hall–Kier alpha value is -2.36. The predicted octanol–water partition coefficient (Wildman–Crippen LogP) is 9.91. The van der Waals surface area contributed by atoms with Gasteiger partial charge in [0.1, 0.15) is 28.6 Å².